The standard InChI is InChI=1S/C8H11F2N3/c1-13(5-8(9)10)7-2-3-12-4-6(7)11/h2-4,8H,5,11H2,1H3. The predicted octanol–water partition coefficient (Wildman–Crippen LogP) is 1.37. The summed E-state index contributed by atoms with van der Waals surface area (Å²) in [6.07, 6.45) is 0.600. The summed E-state index contributed by atoms with van der Waals surface area (Å²) in [6.45, 7) is -0.325. The largest absolute Gasteiger partial charge is 0.396 e. The third-order valence-electron chi connectivity index (χ3n) is 1.65. The number of rotatable bonds is 3. The van der Waals surface area contributed by atoms with E-state index in [4.69, 9.17) is 5.73 Å². The number of alkyl halides is 2. The van der Waals surface area contributed by atoms with Crippen LogP contribution in [0.15, 0.2) is 18.5 Å². The first-order valence-electron chi connectivity index (χ1n) is 3.80. The van der Waals surface area contributed by atoms with Gasteiger partial charge in [0.05, 0.1) is 24.1 Å². The van der Waals surface area contributed by atoms with Crippen LogP contribution in [0.25, 0.3) is 0 Å². The maximum Gasteiger partial charge on any atom is 0.255 e. The molecule has 1 rings (SSSR count). The molecule has 13 heavy (non-hydrogen) atoms. The van der Waals surface area contributed by atoms with Gasteiger partial charge in [-0.05, 0) is 6.07 Å². The minimum atomic E-state index is -2.36. The number of hydrogen-bond acceptors (Lipinski definition) is 3. The zero-order valence-corrected chi connectivity index (χ0v) is 7.24. The van der Waals surface area contributed by atoms with E-state index in [9.17, 15) is 8.78 Å². The van der Waals surface area contributed by atoms with E-state index in [-0.39, 0.29) is 6.54 Å². The maximum atomic E-state index is 12.0. The second-order valence-corrected chi connectivity index (χ2v) is 2.71. The molecule has 5 heteroatoms. The first kappa shape index (κ1) is 9.70. The summed E-state index contributed by atoms with van der Waals surface area (Å²) in [4.78, 5) is 5.17. The van der Waals surface area contributed by atoms with Gasteiger partial charge in [0.2, 0.25) is 0 Å². The Kier molecular flexibility index (Phi) is 3.00. The summed E-state index contributed by atoms with van der Waals surface area (Å²) in [6, 6.07) is 1.61. The molecule has 0 aromatic carbocycles. The van der Waals surface area contributed by atoms with E-state index in [1.807, 2.05) is 0 Å². The molecular formula is C8H11F2N3. The summed E-state index contributed by atoms with van der Waals surface area (Å²) in [5.74, 6) is 0. The van der Waals surface area contributed by atoms with Crippen molar-refractivity contribution in [1.29, 1.82) is 0 Å². The lowest BCUT2D eigenvalue weighted by atomic mass is 10.3. The highest BCUT2D eigenvalue weighted by molar-refractivity contribution is 5.65. The van der Waals surface area contributed by atoms with Crippen LogP contribution in [0.1, 0.15) is 0 Å². The molecular weight excluding hydrogens is 176 g/mol. The van der Waals surface area contributed by atoms with E-state index in [0.717, 1.165) is 0 Å². The predicted molar refractivity (Wildman–Crippen MR) is 47.9 cm³/mol. The molecule has 0 atom stereocenters. The topological polar surface area (TPSA) is 42.2 Å². The van der Waals surface area contributed by atoms with Gasteiger partial charge in [-0.15, -0.1) is 0 Å². The van der Waals surface area contributed by atoms with Crippen LogP contribution in [-0.4, -0.2) is 25.0 Å². The van der Waals surface area contributed by atoms with E-state index < -0.39 is 6.43 Å². The Labute approximate surface area is 75.2 Å². The zero-order chi connectivity index (χ0) is 9.84. The van der Waals surface area contributed by atoms with E-state index in [0.29, 0.717) is 11.4 Å². The molecule has 1 aromatic heterocycles. The van der Waals surface area contributed by atoms with Gasteiger partial charge in [-0.3, -0.25) is 4.98 Å². The van der Waals surface area contributed by atoms with Crippen molar-refractivity contribution < 1.29 is 8.78 Å². The Balaban J connectivity index is 2.76. The van der Waals surface area contributed by atoms with Crippen molar-refractivity contribution in [2.45, 2.75) is 6.43 Å². The van der Waals surface area contributed by atoms with Gasteiger partial charge in [0, 0.05) is 13.2 Å². The van der Waals surface area contributed by atoms with Gasteiger partial charge < -0.3 is 10.6 Å². The van der Waals surface area contributed by atoms with Crippen molar-refractivity contribution in [3.05, 3.63) is 18.5 Å². The number of aromatic nitrogens is 1. The Bertz CT molecular complexity index is 278. The average Bonchev–Trinajstić information content (AvgIpc) is 2.03. The minimum Gasteiger partial charge on any atom is -0.396 e. The highest BCUT2D eigenvalue weighted by atomic mass is 19.3. The molecule has 72 valence electrons. The summed E-state index contributed by atoms with van der Waals surface area (Å²) >= 11 is 0. The number of hydrogen-bond donors (Lipinski definition) is 1. The molecule has 0 radical (unpaired) electrons. The van der Waals surface area contributed by atoms with Gasteiger partial charge in [0.15, 0.2) is 0 Å². The molecule has 1 heterocycles. The molecule has 0 amide bonds. The van der Waals surface area contributed by atoms with Crippen molar-refractivity contribution in [2.24, 2.45) is 0 Å². The number of halogens is 2. The molecule has 0 unspecified atom stereocenters. The Morgan fingerprint density at radius 3 is 2.85 bits per heavy atom. The highest BCUT2D eigenvalue weighted by Crippen LogP contribution is 2.20. The molecule has 0 aliphatic rings. The van der Waals surface area contributed by atoms with Crippen molar-refractivity contribution in [3.63, 3.8) is 0 Å². The fourth-order valence-electron chi connectivity index (χ4n) is 1.05. The van der Waals surface area contributed by atoms with Crippen molar-refractivity contribution in [2.75, 3.05) is 24.2 Å². The fourth-order valence-corrected chi connectivity index (χ4v) is 1.05. The normalized spacial score (nSPS) is 10.5. The van der Waals surface area contributed by atoms with Gasteiger partial charge >= 0.3 is 0 Å². The molecule has 0 aliphatic heterocycles. The number of pyridine rings is 1. The molecule has 0 saturated carbocycles. The van der Waals surface area contributed by atoms with Gasteiger partial charge in [0.25, 0.3) is 6.43 Å². The van der Waals surface area contributed by atoms with Gasteiger partial charge in [-0.2, -0.15) is 0 Å². The average molecular weight is 187 g/mol. The van der Waals surface area contributed by atoms with Crippen LogP contribution in [-0.2, 0) is 0 Å². The summed E-state index contributed by atoms with van der Waals surface area (Å²) < 4.78 is 24.0. The molecule has 0 spiro atoms. The van der Waals surface area contributed by atoms with Crippen LogP contribution in [0.2, 0.25) is 0 Å². The highest BCUT2D eigenvalue weighted by Gasteiger charge is 2.10. The Morgan fingerprint density at radius 1 is 1.62 bits per heavy atom. The lowest BCUT2D eigenvalue weighted by Crippen LogP contribution is -2.24. The van der Waals surface area contributed by atoms with Crippen molar-refractivity contribution >= 4 is 11.4 Å². The van der Waals surface area contributed by atoms with E-state index in [1.165, 1.54) is 17.3 Å². The monoisotopic (exact) mass is 187 g/mol. The Morgan fingerprint density at radius 2 is 2.31 bits per heavy atom. The third kappa shape index (κ3) is 2.54. The molecule has 1 aromatic rings. The fraction of sp³-hybridized carbons (Fsp3) is 0.375. The first-order chi connectivity index (χ1) is 6.11. The van der Waals surface area contributed by atoms with Crippen LogP contribution in [0, 0.1) is 0 Å². The number of anilines is 2. The lowest BCUT2D eigenvalue weighted by molar-refractivity contribution is 0.156. The summed E-state index contributed by atoms with van der Waals surface area (Å²) in [5.41, 5.74) is 6.54. The number of nitrogens with two attached hydrogens (primary N) is 1. The zero-order valence-electron chi connectivity index (χ0n) is 7.24. The third-order valence-corrected chi connectivity index (χ3v) is 1.65. The molecule has 3 nitrogen and oxygen atoms in total. The molecule has 0 aliphatic carbocycles. The molecule has 2 N–H and O–H groups in total. The van der Waals surface area contributed by atoms with Gasteiger partial charge in [0.1, 0.15) is 0 Å². The van der Waals surface area contributed by atoms with E-state index in [1.54, 1.807) is 13.1 Å². The smallest absolute Gasteiger partial charge is 0.255 e. The van der Waals surface area contributed by atoms with Crippen LogP contribution < -0.4 is 10.6 Å². The quantitative estimate of drug-likeness (QED) is 0.777. The van der Waals surface area contributed by atoms with Crippen molar-refractivity contribution in [1.82, 2.24) is 4.98 Å². The van der Waals surface area contributed by atoms with Crippen LogP contribution in [0.3, 0.4) is 0 Å². The number of nitrogens with zero attached hydrogens (tertiary/aromatic N) is 2. The van der Waals surface area contributed by atoms with E-state index >= 15 is 0 Å². The van der Waals surface area contributed by atoms with E-state index in [2.05, 4.69) is 4.98 Å². The SMILES string of the molecule is CN(CC(F)F)c1ccncc1N. The number of nitrogen functional groups attached to an aromatic ring is 1. The van der Waals surface area contributed by atoms with Crippen LogP contribution in [0.5, 0.6) is 0 Å². The summed E-state index contributed by atoms with van der Waals surface area (Å²) in [5, 5.41) is 0. The van der Waals surface area contributed by atoms with Crippen molar-refractivity contribution in [3.8, 4) is 0 Å². The maximum absolute atomic E-state index is 12.0. The molecule has 0 fully saturated rings. The minimum absolute atomic E-state index is 0.325. The Hall–Kier alpha value is -1.39. The first-order valence-corrected chi connectivity index (χ1v) is 3.80. The second kappa shape index (κ2) is 4.02. The van der Waals surface area contributed by atoms with Crippen LogP contribution in [0.4, 0.5) is 20.2 Å². The lowest BCUT2D eigenvalue weighted by Gasteiger charge is -2.19. The molecule has 0 saturated heterocycles. The molecule has 0 bridgehead atoms. The summed E-state index contributed by atoms with van der Waals surface area (Å²) in [7, 11) is 1.57. The second-order valence-electron chi connectivity index (χ2n) is 2.71. The van der Waals surface area contributed by atoms with Crippen LogP contribution >= 0.6 is 0 Å². The van der Waals surface area contributed by atoms with Gasteiger partial charge in [-0.1, -0.05) is 0 Å². The van der Waals surface area contributed by atoms with Gasteiger partial charge in [-0.25, -0.2) is 8.78 Å².